The number of rotatable bonds is 4. The Morgan fingerprint density at radius 2 is 0.562 bits per heavy atom. The van der Waals surface area contributed by atoms with E-state index >= 15 is 0 Å². The van der Waals surface area contributed by atoms with Crippen LogP contribution in [0.2, 0.25) is 0 Å². The Morgan fingerprint density at radius 3 is 0.562 bits per heavy atom. The SMILES string of the molecule is C[PH+](C)C[PH+](C)C.C[PH+](C)C[PH+](C)C.[Au+].[Au+]. The maximum Gasteiger partial charge on any atom is 1.00 e. The van der Waals surface area contributed by atoms with Crippen molar-refractivity contribution in [3.05, 3.63) is 0 Å². The molecule has 0 bridgehead atoms. The van der Waals surface area contributed by atoms with Crippen molar-refractivity contribution in [2.45, 2.75) is 0 Å². The fourth-order valence-electron chi connectivity index (χ4n) is 1.41. The molecule has 0 N–H and O–H groups in total. The summed E-state index contributed by atoms with van der Waals surface area (Å²) in [6.07, 6.45) is 0. The van der Waals surface area contributed by atoms with Crippen molar-refractivity contribution in [2.24, 2.45) is 0 Å². The Kier molecular flexibility index (Phi) is 31.3. The summed E-state index contributed by atoms with van der Waals surface area (Å²) >= 11 is 0. The standard InChI is InChI=1S/2C5H14P2.2Au/c2*1-6(2)5-7(3)4;;/h2*5H2,1-4H3;;/q;;2*+1/p+4. The monoisotopic (exact) mass is 670 g/mol. The molecule has 6 heteroatoms. The molecular formula is C10H32Au2P4+6. The molecule has 0 unspecified atom stereocenters. The molecule has 0 rings (SSSR count). The summed E-state index contributed by atoms with van der Waals surface area (Å²) in [5.41, 5.74) is 0. The summed E-state index contributed by atoms with van der Waals surface area (Å²) in [5, 5.41) is 0. The summed E-state index contributed by atoms with van der Waals surface area (Å²) in [4.78, 5) is 0. The third kappa shape index (κ3) is 36.0. The number of hydrogen-bond acceptors (Lipinski definition) is 0. The van der Waals surface area contributed by atoms with E-state index in [0.29, 0.717) is 0 Å². The molecule has 0 aromatic heterocycles. The minimum absolute atomic E-state index is 0. The largest absolute Gasteiger partial charge is 1.00 e. The van der Waals surface area contributed by atoms with Crippen LogP contribution in [0, 0.1) is 0 Å². The maximum atomic E-state index is 2.39. The van der Waals surface area contributed by atoms with E-state index in [1.807, 2.05) is 0 Å². The molecule has 0 fully saturated rings. The van der Waals surface area contributed by atoms with Gasteiger partial charge in [0.25, 0.3) is 0 Å². The minimum Gasteiger partial charge on any atom is 0.0323 e. The fraction of sp³-hybridized carbons (Fsp3) is 1.00. The Labute approximate surface area is 140 Å². The van der Waals surface area contributed by atoms with Crippen LogP contribution in [0.3, 0.4) is 0 Å². The molecule has 0 heterocycles. The average Bonchev–Trinajstić information content (AvgIpc) is 1.79. The van der Waals surface area contributed by atoms with Crippen molar-refractivity contribution in [1.82, 2.24) is 0 Å². The first-order valence-electron chi connectivity index (χ1n) is 5.41. The Bertz CT molecular complexity index is 93.4. The van der Waals surface area contributed by atoms with Crippen LogP contribution in [0.25, 0.3) is 0 Å². The predicted molar refractivity (Wildman–Crippen MR) is 90.4 cm³/mol. The van der Waals surface area contributed by atoms with Gasteiger partial charge in [-0.2, -0.15) is 0 Å². The van der Waals surface area contributed by atoms with Gasteiger partial charge in [0.05, 0.1) is 0 Å². The predicted octanol–water partition coefficient (Wildman–Crippen LogP) is 3.78. The summed E-state index contributed by atoms with van der Waals surface area (Å²) in [6.45, 7) is 19.1. The Balaban J connectivity index is -0.0000000800. The number of hydrogen-bond donors (Lipinski definition) is 0. The van der Waals surface area contributed by atoms with E-state index in [0.717, 1.165) is 0 Å². The van der Waals surface area contributed by atoms with Crippen LogP contribution in [0.1, 0.15) is 0 Å². The molecule has 0 atom stereocenters. The van der Waals surface area contributed by atoms with Crippen LogP contribution in [0.15, 0.2) is 0 Å². The zero-order valence-corrected chi connectivity index (χ0v) is 20.4. The maximum absolute atomic E-state index is 2.39. The quantitative estimate of drug-likeness (QED) is 0.316. The van der Waals surface area contributed by atoms with Crippen molar-refractivity contribution < 1.29 is 44.8 Å². The smallest absolute Gasteiger partial charge is 0.0323 e. The van der Waals surface area contributed by atoms with Crippen molar-refractivity contribution in [2.75, 3.05) is 65.1 Å². The molecule has 0 amide bonds. The summed E-state index contributed by atoms with van der Waals surface area (Å²) in [7, 11) is 0.444. The van der Waals surface area contributed by atoms with E-state index in [4.69, 9.17) is 0 Å². The zero-order valence-electron chi connectivity index (χ0n) is 12.0. The van der Waals surface area contributed by atoms with Gasteiger partial charge in [-0.3, -0.25) is 0 Å². The molecule has 0 aromatic carbocycles. The molecule has 0 saturated heterocycles. The molecule has 0 aliphatic carbocycles. The first kappa shape index (κ1) is 27.5. The van der Waals surface area contributed by atoms with Gasteiger partial charge in [-0.25, -0.2) is 0 Å². The molecule has 0 aliphatic rings. The van der Waals surface area contributed by atoms with Crippen molar-refractivity contribution in [3.63, 3.8) is 0 Å². The van der Waals surface area contributed by atoms with E-state index in [1.54, 1.807) is 11.8 Å². The molecule has 0 aliphatic heterocycles. The summed E-state index contributed by atoms with van der Waals surface area (Å²) < 4.78 is 0. The van der Waals surface area contributed by atoms with Gasteiger partial charge in [0.15, 0.2) is 11.8 Å². The van der Waals surface area contributed by atoms with Gasteiger partial charge in [0.2, 0.25) is 0 Å². The Morgan fingerprint density at radius 1 is 0.438 bits per heavy atom. The van der Waals surface area contributed by atoms with E-state index in [1.165, 1.54) is 0 Å². The van der Waals surface area contributed by atoms with Gasteiger partial charge < -0.3 is 0 Å². The Hall–Kier alpha value is 3.20. The van der Waals surface area contributed by atoms with Gasteiger partial charge in [-0.1, -0.05) is 0 Å². The molecule has 0 saturated carbocycles. The second kappa shape index (κ2) is 18.2. The van der Waals surface area contributed by atoms with E-state index < -0.39 is 0 Å². The normalized spacial score (nSPS) is 9.75. The second-order valence-electron chi connectivity index (χ2n) is 5.18. The van der Waals surface area contributed by atoms with Crippen LogP contribution in [-0.4, -0.2) is 65.1 Å². The average molecular weight is 670 g/mol. The molecule has 0 aromatic rings. The molecule has 0 radical (unpaired) electrons. The molecule has 0 nitrogen and oxygen atoms in total. The third-order valence-electron chi connectivity index (χ3n) is 1.41. The first-order chi connectivity index (χ1) is 6.25. The molecule has 108 valence electrons. The van der Waals surface area contributed by atoms with Crippen LogP contribution in [-0.2, 0) is 44.8 Å². The van der Waals surface area contributed by atoms with Gasteiger partial charge in [-0.15, -0.1) is 0 Å². The van der Waals surface area contributed by atoms with Crippen molar-refractivity contribution in [1.29, 1.82) is 0 Å². The first-order valence-corrected chi connectivity index (χ1v) is 16.2. The minimum atomic E-state index is 0. The topological polar surface area (TPSA) is 0 Å². The van der Waals surface area contributed by atoms with Gasteiger partial charge in [0.1, 0.15) is 0 Å². The second-order valence-corrected chi connectivity index (χ2v) is 17.7. The zero-order chi connectivity index (χ0) is 11.7. The van der Waals surface area contributed by atoms with Crippen LogP contribution >= 0.6 is 31.7 Å². The molecule has 0 spiro atoms. The van der Waals surface area contributed by atoms with Gasteiger partial charge >= 0.3 is 44.8 Å². The van der Waals surface area contributed by atoms with Crippen molar-refractivity contribution in [3.8, 4) is 0 Å². The fourth-order valence-corrected chi connectivity index (χ4v) is 12.7. The van der Waals surface area contributed by atoms with E-state index in [2.05, 4.69) is 53.3 Å². The van der Waals surface area contributed by atoms with Crippen LogP contribution in [0.4, 0.5) is 0 Å². The third-order valence-corrected chi connectivity index (χ3v) is 12.7. The van der Waals surface area contributed by atoms with E-state index in [9.17, 15) is 0 Å². The van der Waals surface area contributed by atoms with Crippen LogP contribution in [0.5, 0.6) is 0 Å². The molecule has 16 heavy (non-hydrogen) atoms. The summed E-state index contributed by atoms with van der Waals surface area (Å²) in [6, 6.07) is 0. The van der Waals surface area contributed by atoms with E-state index in [-0.39, 0.29) is 76.4 Å². The van der Waals surface area contributed by atoms with Gasteiger partial charge in [-0.05, 0) is 0 Å². The van der Waals surface area contributed by atoms with Gasteiger partial charge in [0, 0.05) is 85.0 Å². The molecular weight excluding hydrogens is 638 g/mol. The van der Waals surface area contributed by atoms with Crippen LogP contribution < -0.4 is 0 Å². The summed E-state index contributed by atoms with van der Waals surface area (Å²) in [5.74, 6) is 3.13. The van der Waals surface area contributed by atoms with Crippen molar-refractivity contribution >= 4 is 31.7 Å².